The lowest BCUT2D eigenvalue weighted by molar-refractivity contribution is -0.180. The summed E-state index contributed by atoms with van der Waals surface area (Å²) in [4.78, 5) is 39.8. The highest BCUT2D eigenvalue weighted by Gasteiger charge is 2.68. The second-order valence-electron chi connectivity index (χ2n) is 10.4. The Bertz CT molecular complexity index is 951. The molecule has 5 N–H and O–H groups in total. The van der Waals surface area contributed by atoms with Crippen molar-refractivity contribution in [2.45, 2.75) is 58.2 Å². The molecule has 4 rings (SSSR count). The van der Waals surface area contributed by atoms with E-state index in [2.05, 4.69) is 18.2 Å². The van der Waals surface area contributed by atoms with Crippen molar-refractivity contribution in [2.75, 3.05) is 6.61 Å². The van der Waals surface area contributed by atoms with Gasteiger partial charge in [-0.25, -0.2) is 4.31 Å². The van der Waals surface area contributed by atoms with Gasteiger partial charge in [0, 0.05) is 16.7 Å². The first kappa shape index (κ1) is 27.6. The summed E-state index contributed by atoms with van der Waals surface area (Å²) in [6, 6.07) is 0. The molecule has 3 fully saturated rings. The Hall–Kier alpha value is -0.960. The number of Topliss-reactive ketones (excluding diaryl/α,β-unsaturated/α-hetero) is 1. The monoisotopic (exact) mass is 520 g/mol. The summed E-state index contributed by atoms with van der Waals surface area (Å²) in [6.45, 7) is 5.48. The molecular formula is C22H34O10P2. The zero-order chi connectivity index (χ0) is 25.6. The maximum absolute atomic E-state index is 12.4. The van der Waals surface area contributed by atoms with E-state index >= 15 is 0 Å². The highest BCUT2D eigenvalue weighted by atomic mass is 31.2. The maximum Gasteiger partial charge on any atom is 0.323 e. The van der Waals surface area contributed by atoms with E-state index < -0.39 is 46.0 Å². The minimum Gasteiger partial charge on any atom is -0.393 e. The van der Waals surface area contributed by atoms with Crippen molar-refractivity contribution in [3.05, 3.63) is 23.8 Å². The van der Waals surface area contributed by atoms with E-state index in [-0.39, 0.29) is 34.9 Å². The highest BCUT2D eigenvalue weighted by Crippen LogP contribution is 2.67. The molecule has 34 heavy (non-hydrogen) atoms. The molecule has 0 bridgehead atoms. The normalized spacial score (nSPS) is 44.5. The second-order valence-corrected chi connectivity index (χ2v) is 12.2. The first-order valence-electron chi connectivity index (χ1n) is 11.3. The van der Waals surface area contributed by atoms with Crippen LogP contribution in [0.15, 0.2) is 23.8 Å². The van der Waals surface area contributed by atoms with Crippen LogP contribution in [-0.4, -0.2) is 55.0 Å². The van der Waals surface area contributed by atoms with Crippen molar-refractivity contribution in [3.8, 4) is 0 Å². The van der Waals surface area contributed by atoms with Crippen molar-refractivity contribution >= 4 is 28.1 Å². The van der Waals surface area contributed by atoms with Crippen molar-refractivity contribution in [1.29, 1.82) is 0 Å². The predicted molar refractivity (Wildman–Crippen MR) is 123 cm³/mol. The van der Waals surface area contributed by atoms with E-state index in [1.165, 1.54) is 0 Å². The number of carbonyl (C=O) groups excluding carboxylic acids is 2. The molecule has 0 saturated heterocycles. The van der Waals surface area contributed by atoms with Gasteiger partial charge in [0.2, 0.25) is 0 Å². The quantitative estimate of drug-likeness (QED) is 0.342. The highest BCUT2D eigenvalue weighted by molar-refractivity contribution is 7.46. The van der Waals surface area contributed by atoms with Gasteiger partial charge in [-0.1, -0.05) is 32.4 Å². The maximum atomic E-state index is 12.4. The van der Waals surface area contributed by atoms with Crippen molar-refractivity contribution in [2.24, 2.45) is 34.5 Å². The lowest BCUT2D eigenvalue weighted by Gasteiger charge is -2.60. The molecular weight excluding hydrogens is 486 g/mol. The molecule has 3 saturated carbocycles. The topological polar surface area (TPSA) is 179 Å². The van der Waals surface area contributed by atoms with Gasteiger partial charge in [-0.15, -0.1) is 0 Å². The molecule has 10 nitrogen and oxygen atoms in total. The van der Waals surface area contributed by atoms with Gasteiger partial charge in [-0.3, -0.25) is 18.7 Å². The third-order valence-corrected chi connectivity index (χ3v) is 10.1. The minimum atomic E-state index is -3.20. The number of aliphatic hydroxyl groups excluding tert-OH is 2. The molecule has 4 aliphatic rings. The number of hydrogen-bond donors (Lipinski definition) is 5. The van der Waals surface area contributed by atoms with E-state index in [0.717, 1.165) is 18.4 Å². The number of rotatable bonds is 4. The zero-order valence-electron chi connectivity index (χ0n) is 19.4. The van der Waals surface area contributed by atoms with Crippen LogP contribution in [-0.2, 0) is 23.0 Å². The standard InChI is InChI=1S/C22H30O5.H4O5P2/c1-12-8-14-15-5-7-22(27,18(26)11-23)21(15,3)10-17(25)19(14)20(2)6-4-13(24)9-16(12)20;1-6(2)5-7(3)4/h4,6,9,12,14-15,17,19,23,25,27H,5,7-8,10-11H2,1-3H3;6-7H,(H,1,2)(H,3,4)/t12-,14-,15-,17-,19+,20-,21-,22-;/m0./s1. The molecule has 0 aliphatic heterocycles. The van der Waals surface area contributed by atoms with Crippen molar-refractivity contribution < 1.29 is 48.1 Å². The van der Waals surface area contributed by atoms with Gasteiger partial charge < -0.3 is 25.1 Å². The molecule has 2 unspecified atom stereocenters. The molecule has 12 heteroatoms. The molecule has 0 aromatic carbocycles. The van der Waals surface area contributed by atoms with Gasteiger partial charge in [0.05, 0.1) is 6.10 Å². The van der Waals surface area contributed by atoms with Crippen LogP contribution in [0.4, 0.5) is 0 Å². The van der Waals surface area contributed by atoms with Crippen LogP contribution in [0, 0.1) is 34.5 Å². The van der Waals surface area contributed by atoms with E-state index in [0.29, 0.717) is 12.8 Å². The van der Waals surface area contributed by atoms with E-state index in [4.69, 9.17) is 9.79 Å². The molecule has 0 heterocycles. The van der Waals surface area contributed by atoms with Gasteiger partial charge in [-0.05, 0) is 55.6 Å². The Kier molecular flexibility index (Phi) is 7.99. The van der Waals surface area contributed by atoms with Gasteiger partial charge >= 0.3 is 16.5 Å². The smallest absolute Gasteiger partial charge is 0.323 e. The van der Waals surface area contributed by atoms with Crippen molar-refractivity contribution in [1.82, 2.24) is 0 Å². The van der Waals surface area contributed by atoms with Crippen LogP contribution < -0.4 is 0 Å². The Morgan fingerprint density at radius 2 is 1.85 bits per heavy atom. The summed E-state index contributed by atoms with van der Waals surface area (Å²) >= 11 is 0. The number of allylic oxidation sites excluding steroid dienone is 4. The Morgan fingerprint density at radius 1 is 1.24 bits per heavy atom. The first-order chi connectivity index (χ1) is 15.7. The minimum absolute atomic E-state index is 0.00620. The summed E-state index contributed by atoms with van der Waals surface area (Å²) in [5, 5.41) is 31.9. The Balaban J connectivity index is 0.000000406. The second kappa shape index (κ2) is 9.83. The molecule has 0 amide bonds. The van der Waals surface area contributed by atoms with Gasteiger partial charge in [0.25, 0.3) is 0 Å². The number of ketones is 2. The summed E-state index contributed by atoms with van der Waals surface area (Å²) in [6.07, 6.45) is 6.87. The molecule has 10 atom stereocenters. The molecule has 192 valence electrons. The fourth-order valence-corrected chi connectivity index (χ4v) is 8.02. The number of fused-ring (bicyclic) bond motifs is 5. The van der Waals surface area contributed by atoms with Crippen LogP contribution in [0.5, 0.6) is 0 Å². The third-order valence-electron chi connectivity index (χ3n) is 8.75. The number of hydrogen-bond acceptors (Lipinski definition) is 8. The van der Waals surface area contributed by atoms with E-state index in [1.54, 1.807) is 12.2 Å². The summed E-state index contributed by atoms with van der Waals surface area (Å²) in [5.41, 5.74) is -1.59. The van der Waals surface area contributed by atoms with Crippen molar-refractivity contribution in [3.63, 3.8) is 0 Å². The third kappa shape index (κ3) is 4.48. The van der Waals surface area contributed by atoms with Crippen LogP contribution in [0.25, 0.3) is 0 Å². The first-order valence-corrected chi connectivity index (χ1v) is 13.9. The lowest BCUT2D eigenvalue weighted by Crippen LogP contribution is -2.62. The zero-order valence-corrected chi connectivity index (χ0v) is 21.4. The van der Waals surface area contributed by atoms with Crippen LogP contribution in [0.1, 0.15) is 46.5 Å². The fraction of sp³-hybridized carbons (Fsp3) is 0.727. The van der Waals surface area contributed by atoms with Crippen LogP contribution in [0.3, 0.4) is 0 Å². The molecule has 0 radical (unpaired) electrons. The lowest BCUT2D eigenvalue weighted by atomic mass is 9.45. The van der Waals surface area contributed by atoms with E-state index in [1.807, 2.05) is 13.0 Å². The van der Waals surface area contributed by atoms with E-state index in [9.17, 15) is 34.0 Å². The van der Waals surface area contributed by atoms with Gasteiger partial charge in [0.15, 0.2) is 11.6 Å². The Morgan fingerprint density at radius 3 is 2.38 bits per heavy atom. The molecule has 0 aromatic heterocycles. The fourth-order valence-electron chi connectivity index (χ4n) is 7.42. The van der Waals surface area contributed by atoms with Gasteiger partial charge in [-0.2, -0.15) is 0 Å². The summed E-state index contributed by atoms with van der Waals surface area (Å²) in [7, 11) is -6.40. The summed E-state index contributed by atoms with van der Waals surface area (Å²) < 4.78 is 22.3. The molecule has 0 aromatic rings. The molecule has 4 aliphatic carbocycles. The largest absolute Gasteiger partial charge is 0.393 e. The van der Waals surface area contributed by atoms with Crippen LogP contribution in [0.2, 0.25) is 0 Å². The summed E-state index contributed by atoms with van der Waals surface area (Å²) in [5.74, 6) is -0.0768. The van der Waals surface area contributed by atoms with Crippen LogP contribution >= 0.6 is 16.5 Å². The molecule has 0 spiro atoms. The predicted octanol–water partition coefficient (Wildman–Crippen LogP) is 1.57. The average molecular weight is 520 g/mol. The SMILES string of the molecule is C[C@H]1C[C@@H]2[C@H]([C@@H](O)C[C@@]3(C)[C@H]2CC[C@]3(O)C(=O)CO)[C@@]2(C)C=CC(=O)C=C12.O=[PH](O)O[PH](=O)O. The average Bonchev–Trinajstić information content (AvgIpc) is 2.99. The van der Waals surface area contributed by atoms with Gasteiger partial charge in [0.1, 0.15) is 12.2 Å². The number of carbonyl (C=O) groups is 2. The number of aliphatic hydroxyl groups is 3. The Labute approximate surface area is 199 Å².